The molecule has 2 nitrogen and oxygen atoms in total. The van der Waals surface area contributed by atoms with Crippen LogP contribution in [0.3, 0.4) is 0 Å². The second-order valence-electron chi connectivity index (χ2n) is 5.48. The molecule has 0 aliphatic carbocycles. The van der Waals surface area contributed by atoms with Crippen molar-refractivity contribution in [3.05, 3.63) is 71.2 Å². The Kier molecular flexibility index (Phi) is 3.80. The standard InChI is InChI=1S/C19H21NO/c1-4-20-18(19-14(3)11-12-21-19)17-13(2)9-10-15-7-5-6-8-16(15)17/h5-12,18,20H,4H2,1-3H3. The Hall–Kier alpha value is -2.06. The molecule has 0 fully saturated rings. The van der Waals surface area contributed by atoms with Gasteiger partial charge in [0.05, 0.1) is 12.3 Å². The summed E-state index contributed by atoms with van der Waals surface area (Å²) >= 11 is 0. The fourth-order valence-electron chi connectivity index (χ4n) is 3.00. The Labute approximate surface area is 125 Å². The largest absolute Gasteiger partial charge is 0.467 e. The van der Waals surface area contributed by atoms with Crippen molar-refractivity contribution in [2.75, 3.05) is 6.54 Å². The molecular formula is C19H21NO. The molecule has 0 amide bonds. The molecule has 1 unspecified atom stereocenters. The van der Waals surface area contributed by atoms with Gasteiger partial charge in [-0.1, -0.05) is 43.3 Å². The molecule has 0 radical (unpaired) electrons. The van der Waals surface area contributed by atoms with Gasteiger partial charge in [-0.25, -0.2) is 0 Å². The second kappa shape index (κ2) is 5.74. The first-order valence-corrected chi connectivity index (χ1v) is 7.48. The van der Waals surface area contributed by atoms with E-state index >= 15 is 0 Å². The molecule has 21 heavy (non-hydrogen) atoms. The van der Waals surface area contributed by atoms with Crippen LogP contribution in [0.25, 0.3) is 10.8 Å². The van der Waals surface area contributed by atoms with Crippen LogP contribution >= 0.6 is 0 Å². The third kappa shape index (κ3) is 2.47. The molecular weight excluding hydrogens is 258 g/mol. The van der Waals surface area contributed by atoms with Crippen LogP contribution in [-0.2, 0) is 0 Å². The van der Waals surface area contributed by atoms with Gasteiger partial charge in [0.1, 0.15) is 5.76 Å². The van der Waals surface area contributed by atoms with Gasteiger partial charge in [-0.05, 0) is 53.9 Å². The lowest BCUT2D eigenvalue weighted by Crippen LogP contribution is -2.23. The minimum atomic E-state index is 0.0936. The number of aryl methyl sites for hydroxylation is 2. The molecule has 0 bridgehead atoms. The lowest BCUT2D eigenvalue weighted by molar-refractivity contribution is 0.450. The fraction of sp³-hybridized carbons (Fsp3) is 0.263. The number of nitrogens with one attached hydrogen (secondary N) is 1. The zero-order chi connectivity index (χ0) is 14.8. The maximum absolute atomic E-state index is 5.77. The van der Waals surface area contributed by atoms with Crippen LogP contribution in [0.5, 0.6) is 0 Å². The van der Waals surface area contributed by atoms with E-state index in [1.807, 2.05) is 6.07 Å². The van der Waals surface area contributed by atoms with Crippen LogP contribution in [-0.4, -0.2) is 6.54 Å². The van der Waals surface area contributed by atoms with E-state index in [2.05, 4.69) is 62.5 Å². The van der Waals surface area contributed by atoms with Gasteiger partial charge in [-0.15, -0.1) is 0 Å². The van der Waals surface area contributed by atoms with E-state index in [4.69, 9.17) is 4.42 Å². The Morgan fingerprint density at radius 2 is 1.81 bits per heavy atom. The monoisotopic (exact) mass is 279 g/mol. The van der Waals surface area contributed by atoms with Crippen molar-refractivity contribution in [1.29, 1.82) is 0 Å². The van der Waals surface area contributed by atoms with E-state index in [9.17, 15) is 0 Å². The molecule has 0 aliphatic rings. The van der Waals surface area contributed by atoms with Crippen LogP contribution < -0.4 is 5.32 Å². The summed E-state index contributed by atoms with van der Waals surface area (Å²) in [6.07, 6.45) is 1.77. The molecule has 3 aromatic rings. The van der Waals surface area contributed by atoms with E-state index in [-0.39, 0.29) is 6.04 Å². The van der Waals surface area contributed by atoms with Crippen LogP contribution in [0, 0.1) is 13.8 Å². The Morgan fingerprint density at radius 3 is 2.52 bits per heavy atom. The normalized spacial score (nSPS) is 12.7. The molecule has 108 valence electrons. The summed E-state index contributed by atoms with van der Waals surface area (Å²) in [5.74, 6) is 1.01. The van der Waals surface area contributed by atoms with E-state index in [0.29, 0.717) is 0 Å². The van der Waals surface area contributed by atoms with Crippen LogP contribution in [0.15, 0.2) is 53.1 Å². The second-order valence-corrected chi connectivity index (χ2v) is 5.48. The highest BCUT2D eigenvalue weighted by atomic mass is 16.3. The predicted molar refractivity (Wildman–Crippen MR) is 87.6 cm³/mol. The van der Waals surface area contributed by atoms with Gasteiger partial charge in [-0.2, -0.15) is 0 Å². The average Bonchev–Trinajstić information content (AvgIpc) is 2.91. The Morgan fingerprint density at radius 1 is 1.00 bits per heavy atom. The number of hydrogen-bond donors (Lipinski definition) is 1. The quantitative estimate of drug-likeness (QED) is 0.745. The number of hydrogen-bond acceptors (Lipinski definition) is 2. The van der Waals surface area contributed by atoms with E-state index in [1.54, 1.807) is 6.26 Å². The van der Waals surface area contributed by atoms with Gasteiger partial charge in [-0.3, -0.25) is 0 Å². The first kappa shape index (κ1) is 13.9. The molecule has 1 atom stereocenters. The molecule has 2 aromatic carbocycles. The topological polar surface area (TPSA) is 25.2 Å². The van der Waals surface area contributed by atoms with Crippen LogP contribution in [0.2, 0.25) is 0 Å². The highest BCUT2D eigenvalue weighted by molar-refractivity contribution is 5.87. The molecule has 1 heterocycles. The van der Waals surface area contributed by atoms with Crippen molar-refractivity contribution in [2.45, 2.75) is 26.8 Å². The molecule has 0 saturated carbocycles. The van der Waals surface area contributed by atoms with Crippen molar-refractivity contribution in [3.8, 4) is 0 Å². The zero-order valence-corrected chi connectivity index (χ0v) is 12.8. The van der Waals surface area contributed by atoms with Gasteiger partial charge < -0.3 is 9.73 Å². The van der Waals surface area contributed by atoms with Crippen LogP contribution in [0.4, 0.5) is 0 Å². The lowest BCUT2D eigenvalue weighted by atomic mass is 9.92. The fourth-order valence-corrected chi connectivity index (χ4v) is 3.00. The molecule has 0 spiro atoms. The van der Waals surface area contributed by atoms with Crippen molar-refractivity contribution >= 4 is 10.8 Å². The number of rotatable bonds is 4. The highest BCUT2D eigenvalue weighted by Gasteiger charge is 2.22. The molecule has 3 rings (SSSR count). The van der Waals surface area contributed by atoms with Gasteiger partial charge in [0, 0.05) is 0 Å². The van der Waals surface area contributed by atoms with Crippen molar-refractivity contribution in [1.82, 2.24) is 5.32 Å². The first-order chi connectivity index (χ1) is 10.2. The third-order valence-corrected chi connectivity index (χ3v) is 4.05. The molecule has 2 heteroatoms. The van der Waals surface area contributed by atoms with Crippen molar-refractivity contribution in [3.63, 3.8) is 0 Å². The molecule has 0 saturated heterocycles. The average molecular weight is 279 g/mol. The first-order valence-electron chi connectivity index (χ1n) is 7.48. The highest BCUT2D eigenvalue weighted by Crippen LogP contribution is 2.33. The summed E-state index contributed by atoms with van der Waals surface area (Å²) in [5, 5.41) is 6.14. The zero-order valence-electron chi connectivity index (χ0n) is 12.8. The number of benzene rings is 2. The maximum Gasteiger partial charge on any atom is 0.128 e. The van der Waals surface area contributed by atoms with E-state index < -0.39 is 0 Å². The van der Waals surface area contributed by atoms with Gasteiger partial charge in [0.2, 0.25) is 0 Å². The summed E-state index contributed by atoms with van der Waals surface area (Å²) in [4.78, 5) is 0. The molecule has 1 N–H and O–H groups in total. The third-order valence-electron chi connectivity index (χ3n) is 4.05. The number of furan rings is 1. The SMILES string of the molecule is CCNC(c1occc1C)c1c(C)ccc2ccccc12. The predicted octanol–water partition coefficient (Wildman–Crippen LogP) is 4.75. The summed E-state index contributed by atoms with van der Waals surface area (Å²) in [6, 6.07) is 15.0. The van der Waals surface area contributed by atoms with Crippen LogP contribution in [0.1, 0.15) is 35.4 Å². The summed E-state index contributed by atoms with van der Waals surface area (Å²) < 4.78 is 5.77. The lowest BCUT2D eigenvalue weighted by Gasteiger charge is -2.21. The minimum absolute atomic E-state index is 0.0936. The van der Waals surface area contributed by atoms with Gasteiger partial charge >= 0.3 is 0 Å². The van der Waals surface area contributed by atoms with Gasteiger partial charge in [0.15, 0.2) is 0 Å². The van der Waals surface area contributed by atoms with Gasteiger partial charge in [0.25, 0.3) is 0 Å². The van der Waals surface area contributed by atoms with E-state index in [0.717, 1.165) is 12.3 Å². The molecule has 1 aromatic heterocycles. The molecule has 0 aliphatic heterocycles. The maximum atomic E-state index is 5.77. The Bertz CT molecular complexity index is 757. The Balaban J connectivity index is 2.24. The summed E-state index contributed by atoms with van der Waals surface area (Å²) in [6.45, 7) is 7.30. The van der Waals surface area contributed by atoms with Crippen molar-refractivity contribution in [2.24, 2.45) is 0 Å². The number of fused-ring (bicyclic) bond motifs is 1. The van der Waals surface area contributed by atoms with E-state index in [1.165, 1.54) is 27.5 Å². The minimum Gasteiger partial charge on any atom is -0.467 e. The smallest absolute Gasteiger partial charge is 0.128 e. The summed E-state index contributed by atoms with van der Waals surface area (Å²) in [5.41, 5.74) is 3.79. The summed E-state index contributed by atoms with van der Waals surface area (Å²) in [7, 11) is 0. The van der Waals surface area contributed by atoms with Crippen molar-refractivity contribution < 1.29 is 4.42 Å².